The maximum atomic E-state index is 11.5. The highest BCUT2D eigenvalue weighted by molar-refractivity contribution is 6.08. The number of esters is 1. The van der Waals surface area contributed by atoms with Crippen molar-refractivity contribution in [1.82, 2.24) is 4.98 Å². The lowest BCUT2D eigenvalue weighted by molar-refractivity contribution is 0.0603. The van der Waals surface area contributed by atoms with Crippen molar-refractivity contribution < 1.29 is 14.7 Å². The first-order chi connectivity index (χ1) is 7.77. The topological polar surface area (TPSA) is 74.7 Å². The van der Waals surface area contributed by atoms with Gasteiger partial charge in [0.2, 0.25) is 0 Å². The van der Waals surface area contributed by atoms with Gasteiger partial charge in [0.15, 0.2) is 0 Å². The van der Waals surface area contributed by atoms with E-state index < -0.39 is 5.97 Å². The first-order valence-corrected chi connectivity index (χ1v) is 4.63. The van der Waals surface area contributed by atoms with E-state index in [1.54, 1.807) is 18.3 Å². The van der Waals surface area contributed by atoms with Gasteiger partial charge in [-0.2, -0.15) is 0 Å². The highest BCUT2D eigenvalue weighted by atomic mass is 16.5. The minimum atomic E-state index is -0.403. The van der Waals surface area contributed by atoms with Gasteiger partial charge in [0.25, 0.3) is 0 Å². The molecule has 0 aliphatic rings. The Morgan fingerprint density at radius 3 is 3.06 bits per heavy atom. The van der Waals surface area contributed by atoms with E-state index in [1.807, 2.05) is 6.07 Å². The number of nitrogens with one attached hydrogen (secondary N) is 1. The summed E-state index contributed by atoms with van der Waals surface area (Å²) in [6.07, 6.45) is 2.97. The Morgan fingerprint density at radius 2 is 2.38 bits per heavy atom. The van der Waals surface area contributed by atoms with Crippen molar-refractivity contribution in [1.29, 1.82) is 0 Å². The Kier molecular flexibility index (Phi) is 2.59. The van der Waals surface area contributed by atoms with Crippen LogP contribution >= 0.6 is 0 Å². The first-order valence-electron chi connectivity index (χ1n) is 4.63. The third-order valence-electron chi connectivity index (χ3n) is 2.35. The van der Waals surface area contributed by atoms with Crippen molar-refractivity contribution in [2.24, 2.45) is 5.16 Å². The van der Waals surface area contributed by atoms with Gasteiger partial charge >= 0.3 is 5.97 Å². The van der Waals surface area contributed by atoms with Gasteiger partial charge in [0.05, 0.1) is 24.4 Å². The number of carbonyl (C=O) groups excluding carboxylic acids is 1. The van der Waals surface area contributed by atoms with Crippen molar-refractivity contribution in [2.45, 2.75) is 0 Å². The number of rotatable bonds is 2. The maximum absolute atomic E-state index is 11.5. The SMILES string of the molecule is COC(=O)c1cccc2c(/C=N/O)c[nH]c12. The second kappa shape index (κ2) is 4.06. The molecule has 0 unspecified atom stereocenters. The number of hydrogen-bond donors (Lipinski definition) is 2. The van der Waals surface area contributed by atoms with E-state index in [0.717, 1.165) is 5.39 Å². The average Bonchev–Trinajstić information content (AvgIpc) is 2.72. The van der Waals surface area contributed by atoms with Crippen LogP contribution in [0.5, 0.6) is 0 Å². The number of fused-ring (bicyclic) bond motifs is 1. The average molecular weight is 218 g/mol. The van der Waals surface area contributed by atoms with Gasteiger partial charge in [-0.25, -0.2) is 4.79 Å². The van der Waals surface area contributed by atoms with Crippen molar-refractivity contribution in [3.05, 3.63) is 35.5 Å². The van der Waals surface area contributed by atoms with Crippen molar-refractivity contribution in [2.75, 3.05) is 7.11 Å². The fourth-order valence-electron chi connectivity index (χ4n) is 1.63. The van der Waals surface area contributed by atoms with Crippen LogP contribution in [0.3, 0.4) is 0 Å². The maximum Gasteiger partial charge on any atom is 0.339 e. The molecule has 0 amide bonds. The predicted molar refractivity (Wildman–Crippen MR) is 59.0 cm³/mol. The van der Waals surface area contributed by atoms with Crippen LogP contribution in [0.25, 0.3) is 10.9 Å². The number of hydrogen-bond acceptors (Lipinski definition) is 4. The van der Waals surface area contributed by atoms with Gasteiger partial charge in [-0.05, 0) is 6.07 Å². The third-order valence-corrected chi connectivity index (χ3v) is 2.35. The van der Waals surface area contributed by atoms with Crippen LogP contribution in [0.4, 0.5) is 0 Å². The highest BCUT2D eigenvalue weighted by Gasteiger charge is 2.12. The Hall–Kier alpha value is -2.30. The van der Waals surface area contributed by atoms with Crippen LogP contribution in [0.1, 0.15) is 15.9 Å². The zero-order valence-electron chi connectivity index (χ0n) is 8.60. The lowest BCUT2D eigenvalue weighted by Crippen LogP contribution is -2.01. The molecule has 0 spiro atoms. The molecule has 1 aromatic heterocycles. The zero-order valence-corrected chi connectivity index (χ0v) is 8.60. The molecule has 1 heterocycles. The summed E-state index contributed by atoms with van der Waals surface area (Å²) in [5, 5.41) is 12.3. The summed E-state index contributed by atoms with van der Waals surface area (Å²) in [5.41, 5.74) is 1.84. The van der Waals surface area contributed by atoms with Crippen LogP contribution in [0.15, 0.2) is 29.6 Å². The molecule has 2 aromatic rings. The quantitative estimate of drug-likeness (QED) is 0.349. The first kappa shape index (κ1) is 10.2. The van der Waals surface area contributed by atoms with Crippen molar-refractivity contribution >= 4 is 23.1 Å². The predicted octanol–water partition coefficient (Wildman–Crippen LogP) is 1.76. The summed E-state index contributed by atoms with van der Waals surface area (Å²) in [7, 11) is 1.33. The van der Waals surface area contributed by atoms with Gasteiger partial charge in [-0.1, -0.05) is 17.3 Å². The monoisotopic (exact) mass is 218 g/mol. The van der Waals surface area contributed by atoms with Gasteiger partial charge < -0.3 is 14.9 Å². The Bertz CT molecular complexity index is 557. The smallest absolute Gasteiger partial charge is 0.339 e. The second-order valence-corrected chi connectivity index (χ2v) is 3.21. The lowest BCUT2D eigenvalue weighted by Gasteiger charge is -2.00. The number of aromatic amines is 1. The van der Waals surface area contributed by atoms with Gasteiger partial charge in [0.1, 0.15) is 0 Å². The van der Waals surface area contributed by atoms with Gasteiger partial charge in [0, 0.05) is 17.1 Å². The molecule has 82 valence electrons. The minimum Gasteiger partial charge on any atom is -0.465 e. The molecule has 0 atom stereocenters. The van der Waals surface area contributed by atoms with Crippen molar-refractivity contribution in [3.63, 3.8) is 0 Å². The zero-order chi connectivity index (χ0) is 11.5. The Balaban J connectivity index is 2.66. The van der Waals surface area contributed by atoms with Crippen LogP contribution in [0.2, 0.25) is 0 Å². The molecule has 5 heteroatoms. The number of nitrogens with zero attached hydrogens (tertiary/aromatic N) is 1. The normalized spacial score (nSPS) is 11.1. The summed E-state index contributed by atoms with van der Waals surface area (Å²) in [6, 6.07) is 5.25. The number of para-hydroxylation sites is 1. The van der Waals surface area contributed by atoms with E-state index in [9.17, 15) is 4.79 Å². The van der Waals surface area contributed by atoms with E-state index in [4.69, 9.17) is 5.21 Å². The van der Waals surface area contributed by atoms with Crippen LogP contribution in [-0.4, -0.2) is 29.5 Å². The number of methoxy groups -OCH3 is 1. The van der Waals surface area contributed by atoms with E-state index in [-0.39, 0.29) is 0 Å². The van der Waals surface area contributed by atoms with Crippen LogP contribution in [0, 0.1) is 0 Å². The standard InChI is InChI=1S/C11H10N2O3/c1-16-11(14)9-4-2-3-8-7(6-13-15)5-12-10(8)9/h2-6,12,15H,1H3/b13-6+. The van der Waals surface area contributed by atoms with Gasteiger partial charge in [-0.3, -0.25) is 0 Å². The molecule has 0 saturated carbocycles. The Morgan fingerprint density at radius 1 is 1.56 bits per heavy atom. The fraction of sp³-hybridized carbons (Fsp3) is 0.0909. The summed E-state index contributed by atoms with van der Waals surface area (Å²) in [5.74, 6) is -0.403. The lowest BCUT2D eigenvalue weighted by atomic mass is 10.1. The molecule has 5 nitrogen and oxygen atoms in total. The molecule has 16 heavy (non-hydrogen) atoms. The third kappa shape index (κ3) is 1.52. The van der Waals surface area contributed by atoms with Crippen LogP contribution in [-0.2, 0) is 4.74 Å². The summed E-state index contributed by atoms with van der Waals surface area (Å²) < 4.78 is 4.67. The number of benzene rings is 1. The summed E-state index contributed by atoms with van der Waals surface area (Å²) in [4.78, 5) is 14.4. The number of aromatic nitrogens is 1. The molecule has 0 saturated heterocycles. The largest absolute Gasteiger partial charge is 0.465 e. The van der Waals surface area contributed by atoms with Crippen molar-refractivity contribution in [3.8, 4) is 0 Å². The summed E-state index contributed by atoms with van der Waals surface area (Å²) in [6.45, 7) is 0. The highest BCUT2D eigenvalue weighted by Crippen LogP contribution is 2.21. The van der Waals surface area contributed by atoms with E-state index in [2.05, 4.69) is 14.9 Å². The second-order valence-electron chi connectivity index (χ2n) is 3.21. The van der Waals surface area contributed by atoms with E-state index in [1.165, 1.54) is 13.3 Å². The fourth-order valence-corrected chi connectivity index (χ4v) is 1.63. The molecule has 0 radical (unpaired) electrons. The van der Waals surface area contributed by atoms with E-state index >= 15 is 0 Å². The number of oxime groups is 1. The molecule has 0 aliphatic carbocycles. The molecule has 0 bridgehead atoms. The number of ether oxygens (including phenoxy) is 1. The Labute approximate surface area is 91.3 Å². The summed E-state index contributed by atoms with van der Waals surface area (Å²) >= 11 is 0. The molecule has 0 aliphatic heterocycles. The molecule has 2 rings (SSSR count). The number of H-pyrrole nitrogens is 1. The molecule has 1 aromatic carbocycles. The molecular formula is C11H10N2O3. The van der Waals surface area contributed by atoms with Crippen LogP contribution < -0.4 is 0 Å². The number of carbonyl (C=O) groups is 1. The molecular weight excluding hydrogens is 208 g/mol. The van der Waals surface area contributed by atoms with E-state index in [0.29, 0.717) is 16.6 Å². The molecule has 2 N–H and O–H groups in total. The van der Waals surface area contributed by atoms with Gasteiger partial charge in [-0.15, -0.1) is 0 Å². The minimum absolute atomic E-state index is 0.403. The molecule has 0 fully saturated rings.